The predicted molar refractivity (Wildman–Crippen MR) is 119 cm³/mol. The molecule has 0 saturated heterocycles. The molecule has 2 atom stereocenters. The third-order valence-corrected chi connectivity index (χ3v) is 4.83. The summed E-state index contributed by atoms with van der Waals surface area (Å²) in [7, 11) is 0. The molecule has 0 aliphatic heterocycles. The predicted octanol–water partition coefficient (Wildman–Crippen LogP) is 4.07. The van der Waals surface area contributed by atoms with Gasteiger partial charge >= 0.3 is 24.1 Å². The van der Waals surface area contributed by atoms with Gasteiger partial charge in [-0.3, -0.25) is 0 Å². The Balaban J connectivity index is 4.43. The molecule has 32 heavy (non-hydrogen) atoms. The lowest BCUT2D eigenvalue weighted by Gasteiger charge is -2.21. The maximum absolute atomic E-state index is 11.9. The van der Waals surface area contributed by atoms with Crippen LogP contribution in [0.3, 0.4) is 0 Å². The molecule has 0 bridgehead atoms. The Morgan fingerprint density at radius 2 is 0.906 bits per heavy atom. The van der Waals surface area contributed by atoms with Crippen molar-refractivity contribution in [3.8, 4) is 0 Å². The maximum atomic E-state index is 11.9. The van der Waals surface area contributed by atoms with Gasteiger partial charge in [0.05, 0.1) is 0 Å². The Morgan fingerprint density at radius 3 is 1.22 bits per heavy atom. The normalized spacial score (nSPS) is 12.4. The lowest BCUT2D eigenvalue weighted by Crippen LogP contribution is -2.48. The smallest absolute Gasteiger partial charge is 0.408 e. The van der Waals surface area contributed by atoms with Gasteiger partial charge in [0.2, 0.25) is 12.2 Å². The van der Waals surface area contributed by atoms with Crippen molar-refractivity contribution in [1.29, 1.82) is 0 Å². The largest absolute Gasteiger partial charge is 0.478 e. The van der Waals surface area contributed by atoms with Crippen LogP contribution in [0.1, 0.15) is 90.9 Å². The van der Waals surface area contributed by atoms with E-state index in [2.05, 4.69) is 24.5 Å². The third kappa shape index (κ3) is 15.3. The fourth-order valence-corrected chi connectivity index (χ4v) is 2.99. The number of unbranched alkanes of at least 4 members (excludes halogenated alkanes) is 10. The summed E-state index contributed by atoms with van der Waals surface area (Å²) in [5, 5.41) is 23.4. The molecular weight excluding hydrogens is 420 g/mol. The molecule has 0 aromatic heterocycles. The van der Waals surface area contributed by atoms with E-state index < -0.39 is 36.3 Å². The third-order valence-electron chi connectivity index (χ3n) is 4.83. The molecule has 0 fully saturated rings. The quantitative estimate of drug-likeness (QED) is 0.211. The van der Waals surface area contributed by atoms with E-state index in [1.165, 1.54) is 0 Å². The van der Waals surface area contributed by atoms with Crippen LogP contribution >= 0.6 is 0 Å². The number of carboxylic acid groups (broad SMARTS) is 2. The monoisotopic (exact) mass is 460 g/mol. The molecule has 2 unspecified atom stereocenters. The van der Waals surface area contributed by atoms with Gasteiger partial charge in [-0.1, -0.05) is 78.1 Å². The van der Waals surface area contributed by atoms with Crippen molar-refractivity contribution < 1.29 is 38.9 Å². The highest BCUT2D eigenvalue weighted by Crippen LogP contribution is 2.09. The number of amides is 2. The van der Waals surface area contributed by atoms with Crippen LogP contribution in [-0.4, -0.2) is 59.6 Å². The van der Waals surface area contributed by atoms with Gasteiger partial charge in [0.1, 0.15) is 0 Å². The second kappa shape index (κ2) is 19.2. The van der Waals surface area contributed by atoms with Crippen molar-refractivity contribution in [3.05, 3.63) is 0 Å². The van der Waals surface area contributed by atoms with Gasteiger partial charge in [-0.25, -0.2) is 19.2 Å². The van der Waals surface area contributed by atoms with Gasteiger partial charge in [-0.2, -0.15) is 0 Å². The molecule has 0 heterocycles. The van der Waals surface area contributed by atoms with Crippen molar-refractivity contribution in [1.82, 2.24) is 10.6 Å². The second-order valence-corrected chi connectivity index (χ2v) is 7.72. The van der Waals surface area contributed by atoms with E-state index in [0.717, 1.165) is 64.2 Å². The van der Waals surface area contributed by atoms with E-state index in [9.17, 15) is 29.4 Å². The Labute approximate surface area is 190 Å². The zero-order chi connectivity index (χ0) is 24.2. The van der Waals surface area contributed by atoms with Crippen LogP contribution in [0.25, 0.3) is 0 Å². The van der Waals surface area contributed by atoms with Crippen molar-refractivity contribution in [3.63, 3.8) is 0 Å². The van der Waals surface area contributed by atoms with E-state index >= 15 is 0 Å². The average molecular weight is 461 g/mol. The summed E-state index contributed by atoms with van der Waals surface area (Å²) < 4.78 is 9.45. The number of alkyl carbamates (subject to hydrolysis) is 2. The highest BCUT2D eigenvalue weighted by Gasteiger charge is 2.40. The van der Waals surface area contributed by atoms with Crippen LogP contribution in [0, 0.1) is 0 Å². The number of hydrogen-bond acceptors (Lipinski definition) is 6. The number of carbonyl (C=O) groups excluding carboxylic acids is 2. The van der Waals surface area contributed by atoms with Gasteiger partial charge in [0, 0.05) is 13.1 Å². The molecule has 0 aliphatic carbocycles. The highest BCUT2D eigenvalue weighted by molar-refractivity contribution is 5.87. The van der Waals surface area contributed by atoms with E-state index in [4.69, 9.17) is 9.47 Å². The van der Waals surface area contributed by atoms with Crippen molar-refractivity contribution in [2.75, 3.05) is 13.1 Å². The van der Waals surface area contributed by atoms with Crippen molar-refractivity contribution in [2.24, 2.45) is 0 Å². The first-order chi connectivity index (χ1) is 15.3. The molecule has 10 heteroatoms. The first-order valence-corrected chi connectivity index (χ1v) is 11.7. The molecule has 186 valence electrons. The van der Waals surface area contributed by atoms with E-state index in [0.29, 0.717) is 12.8 Å². The summed E-state index contributed by atoms with van der Waals surface area (Å²) in [5.41, 5.74) is 0. The first kappa shape index (κ1) is 29.5. The van der Waals surface area contributed by atoms with Crippen LogP contribution in [0.5, 0.6) is 0 Å². The SMILES string of the molecule is CCCCCCCCNC(=O)OC(C(=O)O)C(OC(=O)NCCCCCCCC)C(=O)O. The summed E-state index contributed by atoms with van der Waals surface area (Å²) in [6, 6.07) is 0. The Morgan fingerprint density at radius 1 is 0.594 bits per heavy atom. The molecule has 0 aliphatic rings. The molecule has 0 radical (unpaired) electrons. The molecule has 0 aromatic rings. The highest BCUT2D eigenvalue weighted by atomic mass is 16.6. The van der Waals surface area contributed by atoms with E-state index in [1.807, 2.05) is 0 Å². The lowest BCUT2D eigenvalue weighted by molar-refractivity contribution is -0.166. The molecule has 2 amide bonds. The van der Waals surface area contributed by atoms with Gasteiger partial charge in [0.25, 0.3) is 0 Å². The van der Waals surface area contributed by atoms with E-state index in [-0.39, 0.29) is 13.1 Å². The summed E-state index contributed by atoms with van der Waals surface area (Å²) >= 11 is 0. The number of carboxylic acids is 2. The summed E-state index contributed by atoms with van der Waals surface area (Å²) in [6.07, 6.45) is 5.55. The Bertz CT molecular complexity index is 508. The second-order valence-electron chi connectivity index (χ2n) is 7.72. The first-order valence-electron chi connectivity index (χ1n) is 11.7. The van der Waals surface area contributed by atoms with Crippen LogP contribution in [0.15, 0.2) is 0 Å². The molecule has 0 rings (SSSR count). The fourth-order valence-electron chi connectivity index (χ4n) is 2.99. The lowest BCUT2D eigenvalue weighted by atomic mass is 10.1. The number of ether oxygens (including phenoxy) is 2. The molecule has 0 saturated carbocycles. The topological polar surface area (TPSA) is 151 Å². The zero-order valence-electron chi connectivity index (χ0n) is 19.4. The van der Waals surface area contributed by atoms with Gasteiger partial charge in [-0.05, 0) is 12.8 Å². The number of rotatable bonds is 19. The van der Waals surface area contributed by atoms with E-state index in [1.54, 1.807) is 0 Å². The summed E-state index contributed by atoms with van der Waals surface area (Å²) in [4.78, 5) is 46.6. The molecule has 10 nitrogen and oxygen atoms in total. The van der Waals surface area contributed by atoms with Gasteiger partial charge in [-0.15, -0.1) is 0 Å². The van der Waals surface area contributed by atoms with Crippen molar-refractivity contribution >= 4 is 24.1 Å². The van der Waals surface area contributed by atoms with Crippen molar-refractivity contribution in [2.45, 2.75) is 103 Å². The van der Waals surface area contributed by atoms with Gasteiger partial charge < -0.3 is 30.3 Å². The zero-order valence-corrected chi connectivity index (χ0v) is 19.4. The number of hydrogen-bond donors (Lipinski definition) is 4. The standard InChI is InChI=1S/C22H40N2O8/c1-3-5-7-9-11-13-15-23-21(29)31-17(19(25)26)18(20(27)28)32-22(30)24-16-14-12-10-8-6-4-2/h17-18H,3-16H2,1-2H3,(H,23,29)(H,24,30)(H,25,26)(H,27,28). The maximum Gasteiger partial charge on any atom is 0.408 e. The minimum Gasteiger partial charge on any atom is -0.478 e. The molecule has 0 aromatic carbocycles. The average Bonchev–Trinajstić information content (AvgIpc) is 2.74. The summed E-state index contributed by atoms with van der Waals surface area (Å²) in [5.74, 6) is -3.45. The Hall–Kier alpha value is -2.52. The Kier molecular flexibility index (Phi) is 17.7. The number of carbonyl (C=O) groups is 4. The van der Waals surface area contributed by atoms with Crippen LogP contribution in [0.4, 0.5) is 9.59 Å². The summed E-state index contributed by atoms with van der Waals surface area (Å²) in [6.45, 7) is 4.77. The number of nitrogens with one attached hydrogen (secondary N) is 2. The molecule has 0 spiro atoms. The minimum atomic E-state index is -2.17. The fraction of sp³-hybridized carbons (Fsp3) is 0.818. The van der Waals surface area contributed by atoms with Crippen LogP contribution in [0.2, 0.25) is 0 Å². The van der Waals surface area contributed by atoms with Crippen LogP contribution in [-0.2, 0) is 19.1 Å². The minimum absolute atomic E-state index is 0.272. The molecule has 4 N–H and O–H groups in total. The molecular formula is C22H40N2O8. The van der Waals surface area contributed by atoms with Gasteiger partial charge in [0.15, 0.2) is 0 Å². The number of aliphatic carboxylic acids is 2. The van der Waals surface area contributed by atoms with Crippen LogP contribution < -0.4 is 10.6 Å².